The number of hydrogen-bond donors (Lipinski definition) is 5. The van der Waals surface area contributed by atoms with E-state index in [1.165, 1.54) is 0 Å². The molecule has 28 heavy (non-hydrogen) atoms. The molecule has 0 aliphatic carbocycles. The highest BCUT2D eigenvalue weighted by Gasteiger charge is 2.25. The molecule has 146 valence electrons. The van der Waals surface area contributed by atoms with Gasteiger partial charge < -0.3 is 27.0 Å². The molecule has 1 aliphatic heterocycles. The first-order chi connectivity index (χ1) is 13.4. The molecule has 2 aromatic carbocycles. The Morgan fingerprint density at radius 1 is 1.14 bits per heavy atom. The number of H-pyrrole nitrogens is 1. The van der Waals surface area contributed by atoms with Crippen LogP contribution in [0.25, 0.3) is 10.9 Å². The first kappa shape index (κ1) is 18.1. The second-order valence-electron chi connectivity index (χ2n) is 7.50. The van der Waals surface area contributed by atoms with Crippen LogP contribution in [-0.2, 0) is 0 Å². The maximum absolute atomic E-state index is 13.1. The summed E-state index contributed by atoms with van der Waals surface area (Å²) in [5, 5.41) is 14.4. The zero-order valence-electron chi connectivity index (χ0n) is 16.0. The van der Waals surface area contributed by atoms with Gasteiger partial charge in [-0.05, 0) is 44.2 Å². The minimum absolute atomic E-state index is 0.223. The smallest absolute Gasteiger partial charge is 0.257 e. The van der Waals surface area contributed by atoms with E-state index in [1.54, 1.807) is 18.3 Å². The Labute approximate surface area is 163 Å². The largest absolute Gasteiger partial charge is 0.397 e. The van der Waals surface area contributed by atoms with Crippen molar-refractivity contribution >= 4 is 39.6 Å². The number of anilines is 4. The van der Waals surface area contributed by atoms with E-state index >= 15 is 0 Å². The van der Waals surface area contributed by atoms with Crippen LogP contribution in [0.2, 0.25) is 0 Å². The lowest BCUT2D eigenvalue weighted by Crippen LogP contribution is -2.54. The van der Waals surface area contributed by atoms with E-state index in [9.17, 15) is 4.79 Å². The molecule has 2 unspecified atom stereocenters. The fraction of sp³-hybridized carbons (Fsp3) is 0.300. The Morgan fingerprint density at radius 2 is 1.86 bits per heavy atom. The van der Waals surface area contributed by atoms with Crippen molar-refractivity contribution < 1.29 is 4.79 Å². The lowest BCUT2D eigenvalue weighted by Gasteiger charge is -2.38. The molecule has 3 aromatic rings. The number of nitrogens with two attached hydrogens (primary N) is 2. The molecule has 1 amide bonds. The number of aromatic nitrogens is 2. The van der Waals surface area contributed by atoms with Gasteiger partial charge in [0.2, 0.25) is 0 Å². The van der Waals surface area contributed by atoms with E-state index < -0.39 is 0 Å². The van der Waals surface area contributed by atoms with Crippen molar-refractivity contribution in [3.05, 3.63) is 42.1 Å². The maximum atomic E-state index is 13.1. The number of nitrogens with one attached hydrogen (secondary N) is 3. The number of aromatic amines is 1. The molecular formula is C20H25N7O. The third kappa shape index (κ3) is 3.46. The number of nitrogens with zero attached hydrogens (tertiary/aromatic N) is 2. The molecule has 0 bridgehead atoms. The summed E-state index contributed by atoms with van der Waals surface area (Å²) in [7, 11) is 0. The van der Waals surface area contributed by atoms with Crippen molar-refractivity contribution in [1.29, 1.82) is 0 Å². The highest BCUT2D eigenvalue weighted by atomic mass is 16.1. The number of amides is 1. The lowest BCUT2D eigenvalue weighted by molar-refractivity contribution is 0.102. The van der Waals surface area contributed by atoms with Gasteiger partial charge in [-0.1, -0.05) is 0 Å². The van der Waals surface area contributed by atoms with E-state index in [2.05, 4.69) is 39.6 Å². The number of fused-ring (bicyclic) bond motifs is 1. The Bertz CT molecular complexity index is 1020. The molecule has 2 heterocycles. The normalized spacial score (nSPS) is 19.7. The van der Waals surface area contributed by atoms with E-state index in [0.29, 0.717) is 34.7 Å². The van der Waals surface area contributed by atoms with Crippen LogP contribution in [-0.4, -0.2) is 41.3 Å². The van der Waals surface area contributed by atoms with Gasteiger partial charge >= 0.3 is 0 Å². The van der Waals surface area contributed by atoms with Gasteiger partial charge in [0.15, 0.2) is 0 Å². The van der Waals surface area contributed by atoms with Gasteiger partial charge in [0.25, 0.3) is 5.91 Å². The first-order valence-corrected chi connectivity index (χ1v) is 9.35. The standard InChI is InChI=1S/C20H25N7O/c1-11-9-27(10-12(2)24-11)19-7-17(22)16(21)6-15(19)20(28)25-14-4-3-13-8-23-26-18(13)5-14/h3-8,11-12,24H,9-10,21-22H2,1-2H3,(H,23,26)(H,25,28). The molecule has 8 heteroatoms. The predicted molar refractivity (Wildman–Crippen MR) is 114 cm³/mol. The van der Waals surface area contributed by atoms with E-state index in [0.717, 1.165) is 29.7 Å². The number of benzene rings is 2. The zero-order valence-corrected chi connectivity index (χ0v) is 16.0. The van der Waals surface area contributed by atoms with Crippen LogP contribution in [0, 0.1) is 0 Å². The SMILES string of the molecule is CC1CN(c2cc(N)c(N)cc2C(=O)Nc2ccc3cn[nH]c3c2)CC(C)N1. The third-order valence-corrected chi connectivity index (χ3v) is 5.04. The summed E-state index contributed by atoms with van der Waals surface area (Å²) in [5.74, 6) is -0.223. The summed E-state index contributed by atoms with van der Waals surface area (Å²) < 4.78 is 0. The summed E-state index contributed by atoms with van der Waals surface area (Å²) in [5.41, 5.74) is 15.8. The summed E-state index contributed by atoms with van der Waals surface area (Å²) in [4.78, 5) is 15.3. The van der Waals surface area contributed by atoms with Gasteiger partial charge in [0.1, 0.15) is 0 Å². The van der Waals surface area contributed by atoms with E-state index in [-0.39, 0.29) is 5.91 Å². The third-order valence-electron chi connectivity index (χ3n) is 5.04. The van der Waals surface area contributed by atoms with Gasteiger partial charge in [-0.15, -0.1) is 0 Å². The molecule has 7 N–H and O–H groups in total. The van der Waals surface area contributed by atoms with Crippen LogP contribution in [0.4, 0.5) is 22.7 Å². The molecule has 1 aromatic heterocycles. The highest BCUT2D eigenvalue weighted by molar-refractivity contribution is 6.10. The van der Waals surface area contributed by atoms with Crippen molar-refractivity contribution in [2.75, 3.05) is 34.8 Å². The van der Waals surface area contributed by atoms with Crippen LogP contribution in [0.3, 0.4) is 0 Å². The topological polar surface area (TPSA) is 125 Å². The van der Waals surface area contributed by atoms with Crippen LogP contribution in [0.5, 0.6) is 0 Å². The van der Waals surface area contributed by atoms with Crippen LogP contribution in [0.1, 0.15) is 24.2 Å². The molecule has 1 aliphatic rings. The fourth-order valence-electron chi connectivity index (χ4n) is 3.80. The average Bonchev–Trinajstić information content (AvgIpc) is 3.10. The van der Waals surface area contributed by atoms with Crippen LogP contribution in [0.15, 0.2) is 36.5 Å². The summed E-state index contributed by atoms with van der Waals surface area (Å²) in [6, 6.07) is 9.69. The molecule has 0 spiro atoms. The molecule has 0 saturated carbocycles. The van der Waals surface area contributed by atoms with Gasteiger partial charge in [0, 0.05) is 36.2 Å². The van der Waals surface area contributed by atoms with Crippen molar-refractivity contribution in [2.24, 2.45) is 0 Å². The zero-order chi connectivity index (χ0) is 19.8. The molecule has 0 radical (unpaired) electrons. The average molecular weight is 379 g/mol. The quantitative estimate of drug-likeness (QED) is 0.444. The summed E-state index contributed by atoms with van der Waals surface area (Å²) in [6.07, 6.45) is 1.74. The number of rotatable bonds is 3. The van der Waals surface area contributed by atoms with Crippen molar-refractivity contribution in [3.63, 3.8) is 0 Å². The number of carbonyl (C=O) groups is 1. The van der Waals surface area contributed by atoms with Gasteiger partial charge in [-0.3, -0.25) is 9.89 Å². The van der Waals surface area contributed by atoms with Gasteiger partial charge in [0.05, 0.1) is 34.3 Å². The fourth-order valence-corrected chi connectivity index (χ4v) is 3.80. The highest BCUT2D eigenvalue weighted by Crippen LogP contribution is 2.30. The van der Waals surface area contributed by atoms with E-state index in [4.69, 9.17) is 11.5 Å². The second-order valence-corrected chi connectivity index (χ2v) is 7.50. The molecule has 8 nitrogen and oxygen atoms in total. The maximum Gasteiger partial charge on any atom is 0.257 e. The van der Waals surface area contributed by atoms with Crippen LogP contribution < -0.4 is 27.0 Å². The van der Waals surface area contributed by atoms with Crippen molar-refractivity contribution in [1.82, 2.24) is 15.5 Å². The first-order valence-electron chi connectivity index (χ1n) is 9.35. The minimum atomic E-state index is -0.223. The number of nitrogen functional groups attached to an aromatic ring is 2. The number of piperazine rings is 1. The summed E-state index contributed by atoms with van der Waals surface area (Å²) >= 11 is 0. The molecule has 4 rings (SSSR count). The molecular weight excluding hydrogens is 354 g/mol. The summed E-state index contributed by atoms with van der Waals surface area (Å²) in [6.45, 7) is 5.83. The minimum Gasteiger partial charge on any atom is -0.397 e. The van der Waals surface area contributed by atoms with E-state index in [1.807, 2.05) is 18.2 Å². The molecule has 1 saturated heterocycles. The lowest BCUT2D eigenvalue weighted by atomic mass is 10.0. The number of carbonyl (C=O) groups excluding carboxylic acids is 1. The molecule has 1 fully saturated rings. The Kier molecular flexibility index (Phi) is 4.56. The Balaban J connectivity index is 1.67. The second kappa shape index (κ2) is 7.05. The Morgan fingerprint density at radius 3 is 2.61 bits per heavy atom. The van der Waals surface area contributed by atoms with Crippen LogP contribution >= 0.6 is 0 Å². The van der Waals surface area contributed by atoms with Gasteiger partial charge in [-0.2, -0.15) is 5.10 Å². The Hall–Kier alpha value is -3.26. The monoisotopic (exact) mass is 379 g/mol. The number of hydrogen-bond acceptors (Lipinski definition) is 6. The predicted octanol–water partition coefficient (Wildman–Crippen LogP) is 2.17. The van der Waals surface area contributed by atoms with Crippen molar-refractivity contribution in [2.45, 2.75) is 25.9 Å². The van der Waals surface area contributed by atoms with Gasteiger partial charge in [-0.25, -0.2) is 0 Å². The van der Waals surface area contributed by atoms with Crippen molar-refractivity contribution in [3.8, 4) is 0 Å². The molecule has 2 atom stereocenters.